The molecule has 0 heterocycles. The summed E-state index contributed by atoms with van der Waals surface area (Å²) < 4.78 is 22.4. The molecule has 0 fully saturated rings. The lowest BCUT2D eigenvalue weighted by atomic mass is 10.1. The van der Waals surface area contributed by atoms with Crippen molar-refractivity contribution < 1.29 is 8.42 Å². The number of sulfone groups is 1. The first-order valence-electron chi connectivity index (χ1n) is 4.98. The SMILES string of the molecule is CCC(N)Cc1ccc(S(C)(=O)=O)cc1. The third-order valence-corrected chi connectivity index (χ3v) is 3.50. The van der Waals surface area contributed by atoms with Gasteiger partial charge in [-0.2, -0.15) is 0 Å². The standard InChI is InChI=1S/C11H17NO2S/c1-3-10(12)8-9-4-6-11(7-5-9)15(2,13)14/h4-7,10H,3,8,12H2,1-2H3. The number of benzene rings is 1. The van der Waals surface area contributed by atoms with Gasteiger partial charge >= 0.3 is 0 Å². The average molecular weight is 227 g/mol. The molecule has 4 heteroatoms. The Morgan fingerprint density at radius 3 is 2.20 bits per heavy atom. The second-order valence-corrected chi connectivity index (χ2v) is 5.80. The zero-order chi connectivity index (χ0) is 11.5. The molecule has 0 aromatic heterocycles. The molecule has 15 heavy (non-hydrogen) atoms. The van der Waals surface area contributed by atoms with Crippen LogP contribution in [0.25, 0.3) is 0 Å². The van der Waals surface area contributed by atoms with Gasteiger partial charge in [0, 0.05) is 12.3 Å². The van der Waals surface area contributed by atoms with Gasteiger partial charge in [-0.25, -0.2) is 8.42 Å². The molecule has 3 nitrogen and oxygen atoms in total. The lowest BCUT2D eigenvalue weighted by molar-refractivity contribution is 0.601. The lowest BCUT2D eigenvalue weighted by Crippen LogP contribution is -2.21. The third-order valence-electron chi connectivity index (χ3n) is 2.37. The van der Waals surface area contributed by atoms with Crippen LogP contribution in [0.5, 0.6) is 0 Å². The summed E-state index contributed by atoms with van der Waals surface area (Å²) in [5.74, 6) is 0. The quantitative estimate of drug-likeness (QED) is 0.845. The highest BCUT2D eigenvalue weighted by molar-refractivity contribution is 7.90. The Kier molecular flexibility index (Phi) is 3.88. The minimum atomic E-state index is -3.08. The fourth-order valence-electron chi connectivity index (χ4n) is 1.32. The van der Waals surface area contributed by atoms with Crippen LogP contribution in [0.1, 0.15) is 18.9 Å². The molecule has 0 saturated heterocycles. The highest BCUT2D eigenvalue weighted by Crippen LogP contribution is 2.11. The van der Waals surface area contributed by atoms with Crippen molar-refractivity contribution in [2.24, 2.45) is 5.73 Å². The highest BCUT2D eigenvalue weighted by atomic mass is 32.2. The minimum Gasteiger partial charge on any atom is -0.327 e. The number of nitrogens with two attached hydrogens (primary N) is 1. The Hall–Kier alpha value is -0.870. The van der Waals surface area contributed by atoms with E-state index in [2.05, 4.69) is 0 Å². The second kappa shape index (κ2) is 4.77. The van der Waals surface area contributed by atoms with Crippen LogP contribution in [-0.4, -0.2) is 20.7 Å². The number of hydrogen-bond acceptors (Lipinski definition) is 3. The van der Waals surface area contributed by atoms with Gasteiger partial charge in [-0.05, 0) is 30.5 Å². The predicted molar refractivity (Wildman–Crippen MR) is 61.5 cm³/mol. The normalized spacial score (nSPS) is 13.8. The first kappa shape index (κ1) is 12.2. The topological polar surface area (TPSA) is 60.2 Å². The summed E-state index contributed by atoms with van der Waals surface area (Å²) in [5, 5.41) is 0. The molecular formula is C11H17NO2S. The van der Waals surface area contributed by atoms with E-state index < -0.39 is 9.84 Å². The van der Waals surface area contributed by atoms with Crippen LogP contribution in [0, 0.1) is 0 Å². The molecule has 0 amide bonds. The Morgan fingerprint density at radius 2 is 1.80 bits per heavy atom. The first-order valence-corrected chi connectivity index (χ1v) is 6.87. The monoisotopic (exact) mass is 227 g/mol. The summed E-state index contributed by atoms with van der Waals surface area (Å²) in [4.78, 5) is 0.358. The van der Waals surface area contributed by atoms with E-state index in [9.17, 15) is 8.42 Å². The Balaban J connectivity index is 2.82. The highest BCUT2D eigenvalue weighted by Gasteiger charge is 2.07. The van der Waals surface area contributed by atoms with Crippen LogP contribution in [0.2, 0.25) is 0 Å². The Bertz CT molecular complexity index is 409. The molecule has 0 bridgehead atoms. The van der Waals surface area contributed by atoms with E-state index >= 15 is 0 Å². The van der Waals surface area contributed by atoms with Gasteiger partial charge < -0.3 is 5.73 Å². The Morgan fingerprint density at radius 1 is 1.27 bits per heavy atom. The van der Waals surface area contributed by atoms with Crippen LogP contribution < -0.4 is 5.73 Å². The maximum absolute atomic E-state index is 11.2. The maximum atomic E-state index is 11.2. The Labute approximate surface area is 91.2 Å². The summed E-state index contributed by atoms with van der Waals surface area (Å²) in [6.45, 7) is 2.04. The molecule has 84 valence electrons. The summed E-state index contributed by atoms with van der Waals surface area (Å²) in [7, 11) is -3.08. The molecule has 0 aliphatic rings. The average Bonchev–Trinajstić information content (AvgIpc) is 2.17. The van der Waals surface area contributed by atoms with Gasteiger partial charge in [0.05, 0.1) is 4.90 Å². The van der Waals surface area contributed by atoms with Crippen molar-refractivity contribution in [3.8, 4) is 0 Å². The predicted octanol–water partition coefficient (Wildman–Crippen LogP) is 1.37. The van der Waals surface area contributed by atoms with Gasteiger partial charge in [0.1, 0.15) is 0 Å². The smallest absolute Gasteiger partial charge is 0.175 e. The van der Waals surface area contributed by atoms with Crippen molar-refractivity contribution in [2.75, 3.05) is 6.26 Å². The molecule has 1 rings (SSSR count). The van der Waals surface area contributed by atoms with Gasteiger partial charge in [0.15, 0.2) is 9.84 Å². The van der Waals surface area contributed by atoms with E-state index in [1.54, 1.807) is 12.1 Å². The van der Waals surface area contributed by atoms with Crippen LogP contribution in [0.4, 0.5) is 0 Å². The van der Waals surface area contributed by atoms with Gasteiger partial charge in [-0.15, -0.1) is 0 Å². The van der Waals surface area contributed by atoms with E-state index in [0.717, 1.165) is 18.4 Å². The first-order chi connectivity index (χ1) is 6.93. The molecule has 0 aliphatic carbocycles. The zero-order valence-corrected chi connectivity index (χ0v) is 9.92. The number of rotatable bonds is 4. The van der Waals surface area contributed by atoms with Crippen LogP contribution in [0.15, 0.2) is 29.2 Å². The van der Waals surface area contributed by atoms with Gasteiger partial charge in [-0.3, -0.25) is 0 Å². The van der Waals surface area contributed by atoms with Crippen LogP contribution in [0.3, 0.4) is 0 Å². The zero-order valence-electron chi connectivity index (χ0n) is 9.10. The molecular weight excluding hydrogens is 210 g/mol. The summed E-state index contributed by atoms with van der Waals surface area (Å²) in [5.41, 5.74) is 6.89. The summed E-state index contributed by atoms with van der Waals surface area (Å²) in [6.07, 6.45) is 2.92. The number of hydrogen-bond donors (Lipinski definition) is 1. The molecule has 0 saturated carbocycles. The molecule has 1 aromatic rings. The van der Waals surface area contributed by atoms with Crippen molar-refractivity contribution in [1.29, 1.82) is 0 Å². The van der Waals surface area contributed by atoms with Gasteiger partial charge in [0.2, 0.25) is 0 Å². The van der Waals surface area contributed by atoms with Crippen LogP contribution >= 0.6 is 0 Å². The van der Waals surface area contributed by atoms with Crippen molar-refractivity contribution >= 4 is 9.84 Å². The van der Waals surface area contributed by atoms with Crippen molar-refractivity contribution in [3.63, 3.8) is 0 Å². The maximum Gasteiger partial charge on any atom is 0.175 e. The van der Waals surface area contributed by atoms with E-state index in [0.29, 0.717) is 4.90 Å². The van der Waals surface area contributed by atoms with Gasteiger partial charge in [0.25, 0.3) is 0 Å². The van der Waals surface area contributed by atoms with E-state index in [-0.39, 0.29) is 6.04 Å². The molecule has 0 aliphatic heterocycles. The third kappa shape index (κ3) is 3.64. The lowest BCUT2D eigenvalue weighted by Gasteiger charge is -2.08. The van der Waals surface area contributed by atoms with Crippen LogP contribution in [-0.2, 0) is 16.3 Å². The molecule has 0 radical (unpaired) electrons. The van der Waals surface area contributed by atoms with Crippen molar-refractivity contribution in [2.45, 2.75) is 30.7 Å². The summed E-state index contributed by atoms with van der Waals surface area (Å²) >= 11 is 0. The van der Waals surface area contributed by atoms with E-state index in [1.807, 2.05) is 19.1 Å². The summed E-state index contributed by atoms with van der Waals surface area (Å²) in [6, 6.07) is 7.06. The van der Waals surface area contributed by atoms with E-state index in [4.69, 9.17) is 5.73 Å². The van der Waals surface area contributed by atoms with Gasteiger partial charge in [-0.1, -0.05) is 19.1 Å². The van der Waals surface area contributed by atoms with Crippen molar-refractivity contribution in [3.05, 3.63) is 29.8 Å². The second-order valence-electron chi connectivity index (χ2n) is 3.79. The fraction of sp³-hybridized carbons (Fsp3) is 0.455. The molecule has 1 unspecified atom stereocenters. The fourth-order valence-corrected chi connectivity index (χ4v) is 1.95. The minimum absolute atomic E-state index is 0.147. The molecule has 1 aromatic carbocycles. The molecule has 1 atom stereocenters. The molecule has 2 N–H and O–H groups in total. The molecule has 0 spiro atoms. The largest absolute Gasteiger partial charge is 0.327 e. The van der Waals surface area contributed by atoms with Crippen molar-refractivity contribution in [1.82, 2.24) is 0 Å². The van der Waals surface area contributed by atoms with E-state index in [1.165, 1.54) is 6.26 Å².